The molecule has 23 heteroatoms. The van der Waals surface area contributed by atoms with Gasteiger partial charge in [0.1, 0.15) is 36.3 Å². The fraction of sp³-hybridized carbons (Fsp3) is 0.514. The molecule has 1 aromatic heterocycles. The van der Waals surface area contributed by atoms with Crippen molar-refractivity contribution < 1.29 is 63.6 Å². The molecule has 15 N–H and O–H groups in total. The number of aliphatic carboxylic acids is 2. The van der Waals surface area contributed by atoms with Crippen LogP contribution in [0.3, 0.4) is 0 Å². The third-order valence-corrected chi connectivity index (χ3v) is 9.20. The van der Waals surface area contributed by atoms with Crippen molar-refractivity contribution in [2.45, 2.75) is 114 Å². The molecule has 0 bridgehead atoms. The van der Waals surface area contributed by atoms with E-state index in [0.717, 1.165) is 13.8 Å². The summed E-state index contributed by atoms with van der Waals surface area (Å²) >= 11 is 0. The van der Waals surface area contributed by atoms with E-state index in [-0.39, 0.29) is 12.8 Å². The van der Waals surface area contributed by atoms with Gasteiger partial charge in [-0.25, -0.2) is 9.78 Å². The minimum absolute atomic E-state index is 0.185. The molecule has 0 aliphatic carbocycles. The van der Waals surface area contributed by atoms with Crippen LogP contribution in [0.25, 0.3) is 0 Å². The lowest BCUT2D eigenvalue weighted by atomic mass is 9.97. The van der Waals surface area contributed by atoms with Crippen molar-refractivity contribution in [2.75, 3.05) is 0 Å². The molecule has 0 spiro atoms. The van der Waals surface area contributed by atoms with Gasteiger partial charge in [0.05, 0.1) is 37.4 Å². The van der Waals surface area contributed by atoms with Gasteiger partial charge in [0.15, 0.2) is 0 Å². The average Bonchev–Trinajstić information content (AvgIpc) is 3.69. The fourth-order valence-corrected chi connectivity index (χ4v) is 5.63. The van der Waals surface area contributed by atoms with Crippen LogP contribution >= 0.6 is 0 Å². The van der Waals surface area contributed by atoms with E-state index in [1.165, 1.54) is 12.5 Å². The van der Waals surface area contributed by atoms with E-state index < -0.39 is 127 Å². The van der Waals surface area contributed by atoms with Crippen molar-refractivity contribution in [3.63, 3.8) is 0 Å². The minimum atomic E-state index is -1.76. The number of primary amides is 1. The molecule has 0 saturated carbocycles. The van der Waals surface area contributed by atoms with Crippen molar-refractivity contribution in [1.82, 2.24) is 41.9 Å². The molecule has 7 amide bonds. The van der Waals surface area contributed by atoms with Gasteiger partial charge < -0.3 is 68.8 Å². The number of carboxylic acids is 2. The molecule has 60 heavy (non-hydrogen) atoms. The van der Waals surface area contributed by atoms with Crippen molar-refractivity contribution >= 4 is 53.3 Å². The first-order valence-corrected chi connectivity index (χ1v) is 18.8. The Labute approximate surface area is 344 Å². The van der Waals surface area contributed by atoms with Gasteiger partial charge >= 0.3 is 11.9 Å². The predicted molar refractivity (Wildman–Crippen MR) is 209 cm³/mol. The summed E-state index contributed by atoms with van der Waals surface area (Å²) < 4.78 is 0. The molecule has 10 atom stereocenters. The Morgan fingerprint density at radius 3 is 1.65 bits per heavy atom. The molecular weight excluding hydrogens is 792 g/mol. The number of rotatable bonds is 25. The van der Waals surface area contributed by atoms with E-state index in [0.29, 0.717) is 17.7 Å². The first-order valence-electron chi connectivity index (χ1n) is 18.8. The van der Waals surface area contributed by atoms with E-state index in [9.17, 15) is 58.5 Å². The second-order valence-electron chi connectivity index (χ2n) is 14.2. The van der Waals surface area contributed by atoms with Gasteiger partial charge in [-0.05, 0) is 25.3 Å². The maximum Gasteiger partial charge on any atom is 0.326 e. The predicted octanol–water partition coefficient (Wildman–Crippen LogP) is -4.33. The zero-order valence-corrected chi connectivity index (χ0v) is 33.4. The maximum absolute atomic E-state index is 14.0. The lowest BCUT2D eigenvalue weighted by molar-refractivity contribution is -0.144. The van der Waals surface area contributed by atoms with E-state index in [1.54, 1.807) is 44.2 Å². The monoisotopic (exact) mass is 846 g/mol. The average molecular weight is 847 g/mol. The number of hydrogen-bond donors (Lipinski definition) is 13. The van der Waals surface area contributed by atoms with Crippen molar-refractivity contribution in [3.8, 4) is 0 Å². The highest BCUT2D eigenvalue weighted by molar-refractivity contribution is 5.98. The largest absolute Gasteiger partial charge is 0.481 e. The Hall–Kier alpha value is -6.46. The van der Waals surface area contributed by atoms with Crippen LogP contribution in [0.1, 0.15) is 58.2 Å². The third kappa shape index (κ3) is 16.1. The van der Waals surface area contributed by atoms with Gasteiger partial charge in [-0.2, -0.15) is 0 Å². The highest BCUT2D eigenvalue weighted by atomic mass is 16.4. The Kier molecular flexibility index (Phi) is 19.7. The molecule has 2 aromatic rings. The molecule has 0 fully saturated rings. The number of amides is 7. The molecule has 10 unspecified atom stereocenters. The number of carbonyl (C=O) groups is 9. The number of hydrogen-bond acceptors (Lipinski definition) is 13. The number of carbonyl (C=O) groups excluding carboxylic acids is 7. The number of imidazole rings is 1. The summed E-state index contributed by atoms with van der Waals surface area (Å²) in [5.41, 5.74) is 11.6. The molecule has 2 rings (SSSR count). The molecule has 330 valence electrons. The Bertz CT molecular complexity index is 1810. The molecular formula is C37H54N10O13. The molecule has 1 aromatic carbocycles. The molecule has 23 nitrogen and oxygen atoms in total. The zero-order valence-electron chi connectivity index (χ0n) is 33.4. The summed E-state index contributed by atoms with van der Waals surface area (Å²) in [6.07, 6.45) is -2.23. The number of aliphatic hydroxyl groups is 2. The SMILES string of the molecule is CCC(C)C(NC(=O)C(NC(=O)C(Cc1cnc[nH]1)NC(=O)C(Cc1ccccc1)NC(=O)C(NC(=O)C(N)CC(=O)O)C(C)O)C(C)O)C(=O)NC(CC(N)=O)C(=O)O. The summed E-state index contributed by atoms with van der Waals surface area (Å²) in [6, 6.07) is -2.92. The molecule has 1 heterocycles. The maximum atomic E-state index is 14.0. The summed E-state index contributed by atoms with van der Waals surface area (Å²) in [4.78, 5) is 122. The van der Waals surface area contributed by atoms with E-state index in [1.807, 2.05) is 0 Å². The highest BCUT2D eigenvalue weighted by Crippen LogP contribution is 2.12. The van der Waals surface area contributed by atoms with Crippen LogP contribution < -0.4 is 43.4 Å². The lowest BCUT2D eigenvalue weighted by Gasteiger charge is -2.30. The van der Waals surface area contributed by atoms with Crippen LogP contribution in [-0.2, 0) is 56.0 Å². The lowest BCUT2D eigenvalue weighted by Crippen LogP contribution is -2.63. The number of aromatic amines is 1. The normalized spacial score (nSPS) is 16.1. The number of H-pyrrole nitrogens is 1. The van der Waals surface area contributed by atoms with Crippen LogP contribution in [0, 0.1) is 5.92 Å². The van der Waals surface area contributed by atoms with Crippen LogP contribution in [0.15, 0.2) is 42.9 Å². The summed E-state index contributed by atoms with van der Waals surface area (Å²) in [5.74, 6) is -10.8. The molecule has 0 aliphatic heterocycles. The highest BCUT2D eigenvalue weighted by Gasteiger charge is 2.37. The van der Waals surface area contributed by atoms with Gasteiger partial charge in [-0.1, -0.05) is 50.6 Å². The standard InChI is InChI=1S/C37H54N10O13/c1-5-17(2)28(34(56)44-25(37(59)60)14-26(39)50)45-36(58)30(19(4)49)47-33(55)24(12-21-15-40-16-41-21)42-32(54)23(11-20-9-7-6-8-10-20)43-35(57)29(18(3)48)46-31(53)22(38)13-27(51)52/h6-10,15-19,22-25,28-30,48-49H,5,11-14,38H2,1-4H3,(H2,39,50)(H,40,41)(H,42,54)(H,43,57)(H,44,56)(H,45,58)(H,46,53)(H,47,55)(H,51,52)(H,59,60). The second kappa shape index (κ2) is 23.8. The van der Waals surface area contributed by atoms with Crippen molar-refractivity contribution in [1.29, 1.82) is 0 Å². The fourth-order valence-electron chi connectivity index (χ4n) is 5.63. The Balaban J connectivity index is 2.42. The number of aromatic nitrogens is 2. The molecule has 0 saturated heterocycles. The molecule has 0 radical (unpaired) electrons. The van der Waals surface area contributed by atoms with Gasteiger partial charge in [0.25, 0.3) is 0 Å². The Morgan fingerprint density at radius 2 is 1.15 bits per heavy atom. The number of benzene rings is 1. The number of nitrogens with zero attached hydrogens (tertiary/aromatic N) is 1. The van der Waals surface area contributed by atoms with Crippen LogP contribution in [0.5, 0.6) is 0 Å². The van der Waals surface area contributed by atoms with Crippen LogP contribution in [0.4, 0.5) is 0 Å². The quantitative estimate of drug-likeness (QED) is 0.0449. The number of nitrogens with two attached hydrogens (primary N) is 2. The van der Waals surface area contributed by atoms with Crippen molar-refractivity contribution in [3.05, 3.63) is 54.1 Å². The van der Waals surface area contributed by atoms with Gasteiger partial charge in [0.2, 0.25) is 41.4 Å². The van der Waals surface area contributed by atoms with Gasteiger partial charge in [0, 0.05) is 24.7 Å². The zero-order chi connectivity index (χ0) is 45.3. The first kappa shape index (κ1) is 49.7. The van der Waals surface area contributed by atoms with E-state index >= 15 is 0 Å². The van der Waals surface area contributed by atoms with Crippen LogP contribution in [-0.4, -0.2) is 138 Å². The first-order chi connectivity index (χ1) is 28.1. The Morgan fingerprint density at radius 1 is 0.667 bits per heavy atom. The van der Waals surface area contributed by atoms with Crippen LogP contribution in [0.2, 0.25) is 0 Å². The van der Waals surface area contributed by atoms with E-state index in [4.69, 9.17) is 16.6 Å². The smallest absolute Gasteiger partial charge is 0.326 e. The topological polar surface area (TPSA) is 387 Å². The molecule has 0 aliphatic rings. The minimum Gasteiger partial charge on any atom is -0.481 e. The van der Waals surface area contributed by atoms with Gasteiger partial charge in [-0.15, -0.1) is 0 Å². The third-order valence-electron chi connectivity index (χ3n) is 9.20. The summed E-state index contributed by atoms with van der Waals surface area (Å²) in [6.45, 7) is 5.57. The van der Waals surface area contributed by atoms with Gasteiger partial charge in [-0.3, -0.25) is 38.4 Å². The number of nitrogens with one attached hydrogen (secondary N) is 7. The summed E-state index contributed by atoms with van der Waals surface area (Å²) in [5, 5.41) is 53.6. The summed E-state index contributed by atoms with van der Waals surface area (Å²) in [7, 11) is 0. The number of aliphatic hydroxyl groups excluding tert-OH is 2. The van der Waals surface area contributed by atoms with E-state index in [2.05, 4.69) is 41.9 Å². The van der Waals surface area contributed by atoms with Crippen molar-refractivity contribution in [2.24, 2.45) is 17.4 Å². The second-order valence-corrected chi connectivity index (χ2v) is 14.2. The number of carboxylic acid groups (broad SMARTS) is 2.